The number of ketones is 1. The normalized spacial score (nSPS) is 14.4. The third kappa shape index (κ3) is 7.31. The van der Waals surface area contributed by atoms with Gasteiger partial charge in [0.15, 0.2) is 5.78 Å². The minimum atomic E-state index is -1.03. The monoisotopic (exact) mass is 545 g/mol. The van der Waals surface area contributed by atoms with Crippen LogP contribution in [0.25, 0.3) is 0 Å². The molecule has 0 bridgehead atoms. The van der Waals surface area contributed by atoms with Crippen LogP contribution < -0.4 is 10.1 Å². The maximum absolute atomic E-state index is 13.7. The van der Waals surface area contributed by atoms with E-state index < -0.39 is 23.5 Å². The zero-order valence-electron chi connectivity index (χ0n) is 22.3. The highest BCUT2D eigenvalue weighted by molar-refractivity contribution is 6.09. The SMILES string of the molecule is COc1ccc(C(=O)/C=C/C(=O)N(Cc2ccc(F)cc2)[C@H](C(=O)NC2CCCCC2)c2ccncc2)c(O)c1. The van der Waals surface area contributed by atoms with Crippen LogP contribution in [-0.2, 0) is 16.1 Å². The second kappa shape index (κ2) is 13.5. The van der Waals surface area contributed by atoms with Crippen LogP contribution in [0.15, 0.2) is 79.1 Å². The number of hydrogen-bond donors (Lipinski definition) is 2. The predicted octanol–water partition coefficient (Wildman–Crippen LogP) is 4.89. The Bertz CT molecular complexity index is 1360. The molecule has 4 rings (SSSR count). The summed E-state index contributed by atoms with van der Waals surface area (Å²) in [5.41, 5.74) is 1.15. The molecule has 1 saturated carbocycles. The zero-order valence-corrected chi connectivity index (χ0v) is 22.3. The molecule has 0 radical (unpaired) electrons. The number of halogens is 1. The Labute approximate surface area is 232 Å². The first kappa shape index (κ1) is 28.5. The van der Waals surface area contributed by atoms with E-state index in [-0.39, 0.29) is 29.8 Å². The lowest BCUT2D eigenvalue weighted by molar-refractivity contribution is -0.138. The largest absolute Gasteiger partial charge is 0.507 e. The molecule has 1 heterocycles. The van der Waals surface area contributed by atoms with Crippen molar-refractivity contribution in [2.75, 3.05) is 7.11 Å². The summed E-state index contributed by atoms with van der Waals surface area (Å²) >= 11 is 0. The fourth-order valence-corrected chi connectivity index (χ4v) is 4.81. The third-order valence-electron chi connectivity index (χ3n) is 6.93. The lowest BCUT2D eigenvalue weighted by atomic mass is 9.94. The van der Waals surface area contributed by atoms with Crippen LogP contribution >= 0.6 is 0 Å². The summed E-state index contributed by atoms with van der Waals surface area (Å²) in [6, 6.07) is 12.2. The highest BCUT2D eigenvalue weighted by atomic mass is 19.1. The Morgan fingerprint density at radius 2 is 1.75 bits per heavy atom. The zero-order chi connectivity index (χ0) is 28.5. The van der Waals surface area contributed by atoms with E-state index in [0.717, 1.165) is 44.3 Å². The molecule has 1 atom stereocenters. The molecule has 1 aromatic heterocycles. The molecule has 9 heteroatoms. The molecule has 2 aromatic carbocycles. The number of pyridine rings is 1. The number of aromatic hydroxyl groups is 1. The number of aromatic nitrogens is 1. The molecule has 0 saturated heterocycles. The number of rotatable bonds is 10. The molecular formula is C31H32FN3O5. The van der Waals surface area contributed by atoms with Gasteiger partial charge >= 0.3 is 0 Å². The van der Waals surface area contributed by atoms with Crippen LogP contribution in [0.2, 0.25) is 0 Å². The summed E-state index contributed by atoms with van der Waals surface area (Å²) in [5.74, 6) is -1.88. The predicted molar refractivity (Wildman–Crippen MR) is 147 cm³/mol. The highest BCUT2D eigenvalue weighted by Gasteiger charge is 2.32. The minimum Gasteiger partial charge on any atom is -0.507 e. The number of carbonyl (C=O) groups is 3. The molecule has 1 aliphatic carbocycles. The average molecular weight is 546 g/mol. The van der Waals surface area contributed by atoms with Crippen molar-refractivity contribution in [1.29, 1.82) is 0 Å². The van der Waals surface area contributed by atoms with Crippen molar-refractivity contribution >= 4 is 17.6 Å². The molecular weight excluding hydrogens is 513 g/mol. The number of hydrogen-bond acceptors (Lipinski definition) is 6. The van der Waals surface area contributed by atoms with Gasteiger partial charge in [-0.1, -0.05) is 31.4 Å². The van der Waals surface area contributed by atoms with Gasteiger partial charge in [0.1, 0.15) is 23.4 Å². The van der Waals surface area contributed by atoms with Crippen LogP contribution in [0.5, 0.6) is 11.5 Å². The van der Waals surface area contributed by atoms with Crippen molar-refractivity contribution in [3.8, 4) is 11.5 Å². The van der Waals surface area contributed by atoms with Crippen molar-refractivity contribution in [3.63, 3.8) is 0 Å². The molecule has 3 aromatic rings. The van der Waals surface area contributed by atoms with Crippen LogP contribution in [0.3, 0.4) is 0 Å². The Morgan fingerprint density at radius 3 is 2.40 bits per heavy atom. The van der Waals surface area contributed by atoms with Gasteiger partial charge in [-0.15, -0.1) is 0 Å². The van der Waals surface area contributed by atoms with Gasteiger partial charge < -0.3 is 20.1 Å². The Morgan fingerprint density at radius 1 is 1.05 bits per heavy atom. The third-order valence-corrected chi connectivity index (χ3v) is 6.93. The second-order valence-corrected chi connectivity index (χ2v) is 9.70. The number of allylic oxidation sites excluding steroid dienone is 1. The topological polar surface area (TPSA) is 109 Å². The molecule has 0 aliphatic heterocycles. The van der Waals surface area contributed by atoms with E-state index in [1.807, 2.05) is 0 Å². The van der Waals surface area contributed by atoms with Crippen molar-refractivity contribution in [2.24, 2.45) is 0 Å². The van der Waals surface area contributed by atoms with Crippen LogP contribution in [0.4, 0.5) is 4.39 Å². The highest BCUT2D eigenvalue weighted by Crippen LogP contribution is 2.27. The van der Waals surface area contributed by atoms with Gasteiger partial charge in [-0.05, 0) is 66.4 Å². The number of carbonyl (C=O) groups excluding carboxylic acids is 3. The van der Waals surface area contributed by atoms with E-state index in [1.165, 1.54) is 42.3 Å². The van der Waals surface area contributed by atoms with E-state index in [0.29, 0.717) is 16.9 Å². The number of phenolic OH excluding ortho intramolecular Hbond substituents is 1. The molecule has 2 N–H and O–H groups in total. The van der Waals surface area contributed by atoms with E-state index in [1.54, 1.807) is 36.7 Å². The van der Waals surface area contributed by atoms with E-state index >= 15 is 0 Å². The van der Waals surface area contributed by atoms with Gasteiger partial charge in [0.2, 0.25) is 11.8 Å². The van der Waals surface area contributed by atoms with Crippen LogP contribution in [-0.4, -0.2) is 45.7 Å². The fourth-order valence-electron chi connectivity index (χ4n) is 4.81. The number of phenols is 1. The molecule has 1 fully saturated rings. The summed E-state index contributed by atoms with van der Waals surface area (Å²) in [7, 11) is 1.44. The minimum absolute atomic E-state index is 0.00327. The lowest BCUT2D eigenvalue weighted by Gasteiger charge is -2.33. The number of methoxy groups -OCH3 is 1. The summed E-state index contributed by atoms with van der Waals surface area (Å²) < 4.78 is 18.7. The number of nitrogens with one attached hydrogen (secondary N) is 1. The van der Waals surface area contributed by atoms with E-state index in [2.05, 4.69) is 10.3 Å². The number of ether oxygens (including phenoxy) is 1. The quantitative estimate of drug-likeness (QED) is 0.277. The van der Waals surface area contributed by atoms with Crippen molar-refractivity contribution in [1.82, 2.24) is 15.2 Å². The first-order valence-electron chi connectivity index (χ1n) is 13.2. The maximum atomic E-state index is 13.7. The summed E-state index contributed by atoms with van der Waals surface area (Å²) in [6.45, 7) is -0.0174. The lowest BCUT2D eigenvalue weighted by Crippen LogP contribution is -2.46. The van der Waals surface area contributed by atoms with Gasteiger partial charge in [-0.2, -0.15) is 0 Å². The Balaban J connectivity index is 1.66. The van der Waals surface area contributed by atoms with Crippen molar-refractivity contribution in [3.05, 3.63) is 102 Å². The molecule has 0 unspecified atom stereocenters. The van der Waals surface area contributed by atoms with Crippen molar-refractivity contribution in [2.45, 2.75) is 50.7 Å². The van der Waals surface area contributed by atoms with E-state index in [9.17, 15) is 23.9 Å². The standard InChI is InChI=1S/C31H32FN3O5/c1-40-25-11-12-26(28(37)19-25)27(36)13-14-29(38)35(20-21-7-9-23(32)10-8-21)30(22-15-17-33-18-16-22)31(39)34-24-5-3-2-4-6-24/h7-19,24,30,37H,2-6,20H2,1H3,(H,34,39)/b14-13+/t30-/m0/s1. The molecule has 0 spiro atoms. The second-order valence-electron chi connectivity index (χ2n) is 9.70. The van der Waals surface area contributed by atoms with Crippen LogP contribution in [0.1, 0.15) is 59.6 Å². The van der Waals surface area contributed by atoms with Gasteiger partial charge in [-0.25, -0.2) is 4.39 Å². The van der Waals surface area contributed by atoms with Gasteiger partial charge in [-0.3, -0.25) is 19.4 Å². The van der Waals surface area contributed by atoms with Crippen LogP contribution in [0, 0.1) is 5.82 Å². The number of amides is 2. The van der Waals surface area contributed by atoms with Gasteiger partial charge in [0.05, 0.1) is 12.7 Å². The summed E-state index contributed by atoms with van der Waals surface area (Å²) in [6.07, 6.45) is 10.1. The Hall–Kier alpha value is -4.53. The smallest absolute Gasteiger partial charge is 0.247 e. The summed E-state index contributed by atoms with van der Waals surface area (Å²) in [4.78, 5) is 45.7. The average Bonchev–Trinajstić information content (AvgIpc) is 2.97. The fraction of sp³-hybridized carbons (Fsp3) is 0.290. The summed E-state index contributed by atoms with van der Waals surface area (Å²) in [5, 5.41) is 13.3. The first-order valence-corrected chi connectivity index (χ1v) is 13.2. The Kier molecular flexibility index (Phi) is 9.62. The maximum Gasteiger partial charge on any atom is 0.247 e. The first-order chi connectivity index (χ1) is 19.4. The number of benzene rings is 2. The molecule has 40 heavy (non-hydrogen) atoms. The molecule has 2 amide bonds. The van der Waals surface area contributed by atoms with Gasteiger partial charge in [0, 0.05) is 37.1 Å². The molecule has 208 valence electrons. The van der Waals surface area contributed by atoms with Gasteiger partial charge in [0.25, 0.3) is 0 Å². The molecule has 1 aliphatic rings. The number of nitrogens with zero attached hydrogens (tertiary/aromatic N) is 2. The van der Waals surface area contributed by atoms with Crippen molar-refractivity contribution < 1.29 is 28.6 Å². The molecule has 8 nitrogen and oxygen atoms in total. The van der Waals surface area contributed by atoms with E-state index in [4.69, 9.17) is 4.74 Å².